The lowest BCUT2D eigenvalue weighted by molar-refractivity contribution is -0.154. The van der Waals surface area contributed by atoms with Crippen molar-refractivity contribution in [3.63, 3.8) is 0 Å². The van der Waals surface area contributed by atoms with E-state index in [4.69, 9.17) is 9.72 Å². The number of hydrogen-bond donors (Lipinski definition) is 0. The zero-order chi connectivity index (χ0) is 17.8. The van der Waals surface area contributed by atoms with Crippen LogP contribution in [-0.4, -0.2) is 40.6 Å². The third kappa shape index (κ3) is 4.03. The maximum Gasteiger partial charge on any atom is 0.329 e. The number of esters is 1. The van der Waals surface area contributed by atoms with Crippen LogP contribution in [0.15, 0.2) is 24.3 Å². The third-order valence-corrected chi connectivity index (χ3v) is 4.93. The summed E-state index contributed by atoms with van der Waals surface area (Å²) in [6.45, 7) is 2.74. The molecule has 0 bridgehead atoms. The molecule has 136 valence electrons. The largest absolute Gasteiger partial charge is 0.461 e. The molecular weight excluding hydrogens is 314 g/mol. The van der Waals surface area contributed by atoms with E-state index in [0.717, 1.165) is 42.5 Å². The first-order valence-corrected chi connectivity index (χ1v) is 9.41. The van der Waals surface area contributed by atoms with Gasteiger partial charge in [-0.05, 0) is 58.3 Å². The molecule has 1 unspecified atom stereocenters. The molecule has 1 saturated carbocycles. The first-order chi connectivity index (χ1) is 12.1. The Morgan fingerprint density at radius 1 is 1.28 bits per heavy atom. The number of benzene rings is 1. The van der Waals surface area contributed by atoms with Crippen molar-refractivity contribution >= 4 is 17.0 Å². The van der Waals surface area contributed by atoms with E-state index in [1.54, 1.807) is 0 Å². The summed E-state index contributed by atoms with van der Waals surface area (Å²) in [7, 11) is 4.04. The Bertz CT molecular complexity index is 717. The van der Waals surface area contributed by atoms with Gasteiger partial charge >= 0.3 is 5.97 Å². The third-order valence-electron chi connectivity index (χ3n) is 4.93. The lowest BCUT2D eigenvalue weighted by atomic mass is 9.98. The average Bonchev–Trinajstić information content (AvgIpc) is 2.94. The van der Waals surface area contributed by atoms with Crippen LogP contribution in [0.3, 0.4) is 0 Å². The number of para-hydroxylation sites is 2. The molecule has 3 rings (SSSR count). The van der Waals surface area contributed by atoms with Crippen LogP contribution in [0.5, 0.6) is 0 Å². The fraction of sp³-hybridized carbons (Fsp3) is 0.600. The van der Waals surface area contributed by atoms with Gasteiger partial charge in [0.05, 0.1) is 17.6 Å². The van der Waals surface area contributed by atoms with Crippen LogP contribution < -0.4 is 0 Å². The number of carbonyl (C=O) groups excluding carboxylic acids is 1. The Hall–Kier alpha value is -1.88. The molecular formula is C20H29N3O2. The molecule has 5 nitrogen and oxygen atoms in total. The number of aromatic nitrogens is 2. The average molecular weight is 343 g/mol. The maximum atomic E-state index is 12.9. The van der Waals surface area contributed by atoms with E-state index in [2.05, 4.69) is 9.47 Å². The molecule has 0 saturated heterocycles. The number of ether oxygens (including phenoxy) is 1. The van der Waals surface area contributed by atoms with Crippen molar-refractivity contribution in [2.24, 2.45) is 0 Å². The minimum atomic E-state index is -0.315. The molecule has 1 aromatic heterocycles. The Kier molecular flexibility index (Phi) is 5.74. The SMILES string of the molecule is CCC(C(=O)OC1CCCCC1)n1c(CN(C)C)nc2ccccc21. The zero-order valence-corrected chi connectivity index (χ0v) is 15.6. The summed E-state index contributed by atoms with van der Waals surface area (Å²) in [5, 5.41) is 0. The van der Waals surface area contributed by atoms with Crippen molar-refractivity contribution in [1.82, 2.24) is 14.5 Å². The molecule has 1 aliphatic rings. The molecule has 1 fully saturated rings. The van der Waals surface area contributed by atoms with Gasteiger partial charge in [0.15, 0.2) is 0 Å². The molecule has 0 spiro atoms. The molecule has 0 N–H and O–H groups in total. The predicted octanol–water partition coefficient (Wildman–Crippen LogP) is 3.92. The van der Waals surface area contributed by atoms with Crippen LogP contribution in [0.25, 0.3) is 11.0 Å². The van der Waals surface area contributed by atoms with Gasteiger partial charge in [0.1, 0.15) is 18.0 Å². The Morgan fingerprint density at radius 3 is 2.68 bits per heavy atom. The zero-order valence-electron chi connectivity index (χ0n) is 15.6. The standard InChI is InChI=1S/C20H29N3O2/c1-4-17(20(24)25-15-10-6-5-7-11-15)23-18-13-9-8-12-16(18)21-19(23)14-22(2)3/h8-9,12-13,15,17H,4-7,10-11,14H2,1-3H3. The molecule has 0 aliphatic heterocycles. The quantitative estimate of drug-likeness (QED) is 0.746. The second-order valence-electron chi connectivity index (χ2n) is 7.25. The highest BCUT2D eigenvalue weighted by molar-refractivity contribution is 5.81. The number of hydrogen-bond acceptors (Lipinski definition) is 4. The smallest absolute Gasteiger partial charge is 0.329 e. The highest BCUT2D eigenvalue weighted by atomic mass is 16.5. The van der Waals surface area contributed by atoms with Crippen molar-refractivity contribution in [3.8, 4) is 0 Å². The molecule has 0 amide bonds. The van der Waals surface area contributed by atoms with Gasteiger partial charge in [-0.3, -0.25) is 0 Å². The minimum Gasteiger partial charge on any atom is -0.461 e. The number of imidazole rings is 1. The molecule has 25 heavy (non-hydrogen) atoms. The summed E-state index contributed by atoms with van der Waals surface area (Å²) in [5.41, 5.74) is 1.94. The fourth-order valence-electron chi connectivity index (χ4n) is 3.72. The van der Waals surface area contributed by atoms with E-state index < -0.39 is 0 Å². The lowest BCUT2D eigenvalue weighted by Gasteiger charge is -2.26. The molecule has 1 aliphatic carbocycles. The number of fused-ring (bicyclic) bond motifs is 1. The second-order valence-corrected chi connectivity index (χ2v) is 7.25. The summed E-state index contributed by atoms with van der Waals surface area (Å²) in [6.07, 6.45) is 6.36. The van der Waals surface area contributed by atoms with Gasteiger partial charge in [0, 0.05) is 0 Å². The number of nitrogens with zero attached hydrogens (tertiary/aromatic N) is 3. The molecule has 1 heterocycles. The Labute approximate surface area is 150 Å². The summed E-state index contributed by atoms with van der Waals surface area (Å²) in [5.74, 6) is 0.802. The van der Waals surface area contributed by atoms with E-state index in [1.807, 2.05) is 45.3 Å². The van der Waals surface area contributed by atoms with Crippen molar-refractivity contribution in [1.29, 1.82) is 0 Å². The Balaban J connectivity index is 1.91. The van der Waals surface area contributed by atoms with E-state index >= 15 is 0 Å². The van der Waals surface area contributed by atoms with Gasteiger partial charge in [-0.15, -0.1) is 0 Å². The van der Waals surface area contributed by atoms with Crippen LogP contribution in [0.1, 0.15) is 57.3 Å². The van der Waals surface area contributed by atoms with Gasteiger partial charge in [-0.1, -0.05) is 25.5 Å². The van der Waals surface area contributed by atoms with Crippen LogP contribution >= 0.6 is 0 Å². The number of carbonyl (C=O) groups is 1. The molecule has 1 aromatic carbocycles. The van der Waals surface area contributed by atoms with E-state index in [-0.39, 0.29) is 18.1 Å². The van der Waals surface area contributed by atoms with Gasteiger partial charge in [0.25, 0.3) is 0 Å². The maximum absolute atomic E-state index is 12.9. The molecule has 5 heteroatoms. The summed E-state index contributed by atoms with van der Waals surface area (Å²) in [6, 6.07) is 7.71. The normalized spacial score (nSPS) is 17.1. The van der Waals surface area contributed by atoms with Crippen molar-refractivity contribution in [3.05, 3.63) is 30.1 Å². The number of rotatable bonds is 6. The van der Waals surface area contributed by atoms with E-state index in [0.29, 0.717) is 13.0 Å². The highest BCUT2D eigenvalue weighted by Gasteiger charge is 2.28. The molecule has 0 radical (unpaired) electrons. The van der Waals surface area contributed by atoms with Crippen molar-refractivity contribution in [2.75, 3.05) is 14.1 Å². The predicted molar refractivity (Wildman–Crippen MR) is 99.4 cm³/mol. The first-order valence-electron chi connectivity index (χ1n) is 9.41. The van der Waals surface area contributed by atoms with Crippen molar-refractivity contribution < 1.29 is 9.53 Å². The minimum absolute atomic E-state index is 0.0855. The first kappa shape index (κ1) is 17.9. The molecule has 2 aromatic rings. The Morgan fingerprint density at radius 2 is 2.00 bits per heavy atom. The summed E-state index contributed by atoms with van der Waals surface area (Å²) >= 11 is 0. The second kappa shape index (κ2) is 8.00. The lowest BCUT2D eigenvalue weighted by Crippen LogP contribution is -2.29. The van der Waals surface area contributed by atoms with Crippen molar-refractivity contribution in [2.45, 2.75) is 64.1 Å². The van der Waals surface area contributed by atoms with Gasteiger partial charge in [-0.25, -0.2) is 9.78 Å². The topological polar surface area (TPSA) is 47.4 Å². The van der Waals surface area contributed by atoms with Gasteiger partial charge in [0.2, 0.25) is 0 Å². The molecule has 1 atom stereocenters. The monoisotopic (exact) mass is 343 g/mol. The highest BCUT2D eigenvalue weighted by Crippen LogP contribution is 2.27. The van der Waals surface area contributed by atoms with E-state index in [9.17, 15) is 4.79 Å². The van der Waals surface area contributed by atoms with Crippen LogP contribution in [0.2, 0.25) is 0 Å². The summed E-state index contributed by atoms with van der Waals surface area (Å²) in [4.78, 5) is 19.8. The summed E-state index contributed by atoms with van der Waals surface area (Å²) < 4.78 is 7.96. The van der Waals surface area contributed by atoms with E-state index in [1.165, 1.54) is 6.42 Å². The van der Waals surface area contributed by atoms with Crippen LogP contribution in [0, 0.1) is 0 Å². The fourth-order valence-corrected chi connectivity index (χ4v) is 3.72. The van der Waals surface area contributed by atoms with Crippen LogP contribution in [0.4, 0.5) is 0 Å². The van der Waals surface area contributed by atoms with Crippen LogP contribution in [-0.2, 0) is 16.1 Å². The van der Waals surface area contributed by atoms with Gasteiger partial charge < -0.3 is 14.2 Å². The van der Waals surface area contributed by atoms with Gasteiger partial charge in [-0.2, -0.15) is 0 Å².